The van der Waals surface area contributed by atoms with E-state index in [2.05, 4.69) is 9.97 Å². The third kappa shape index (κ3) is 3.51. The average molecular weight is 373 g/mol. The van der Waals surface area contributed by atoms with Crippen LogP contribution in [0.1, 0.15) is 16.9 Å². The lowest BCUT2D eigenvalue weighted by Gasteiger charge is -2.38. The zero-order valence-corrected chi connectivity index (χ0v) is 13.5. The molecule has 1 aliphatic heterocycles. The fraction of sp³-hybridized carbons (Fsp3) is 0.333. The number of alkyl halides is 3. The molecule has 0 amide bonds. The van der Waals surface area contributed by atoms with E-state index < -0.39 is 30.1 Å². The topological polar surface area (TPSA) is 68.1 Å². The lowest BCUT2D eigenvalue weighted by atomic mass is 10.1. The van der Waals surface area contributed by atoms with Crippen LogP contribution in [0.4, 0.5) is 19.1 Å². The summed E-state index contributed by atoms with van der Waals surface area (Å²) in [5.74, 6) is -0.882. The number of carbonyl (C=O) groups excluding carboxylic acids is 1. The third-order valence-electron chi connectivity index (χ3n) is 3.86. The number of ketones is 1. The molecule has 132 valence electrons. The van der Waals surface area contributed by atoms with Gasteiger partial charge in [0.05, 0.1) is 6.54 Å². The SMILES string of the molecule is O=C(CN1c2nc(Cl)cc(=O)n2CCC1C(F)(F)F)c1ccccn1. The number of aromatic nitrogens is 3. The van der Waals surface area contributed by atoms with Crippen LogP contribution in [-0.4, -0.2) is 39.1 Å². The number of hydrogen-bond donors (Lipinski definition) is 0. The van der Waals surface area contributed by atoms with Gasteiger partial charge < -0.3 is 4.90 Å². The Morgan fingerprint density at radius 1 is 1.36 bits per heavy atom. The minimum atomic E-state index is -4.59. The van der Waals surface area contributed by atoms with Crippen LogP contribution in [0.5, 0.6) is 0 Å². The number of rotatable bonds is 3. The molecular formula is C15H12ClF3N4O2. The zero-order valence-electron chi connectivity index (χ0n) is 12.7. The quantitative estimate of drug-likeness (QED) is 0.611. The summed E-state index contributed by atoms with van der Waals surface area (Å²) in [6.07, 6.45) is -3.58. The van der Waals surface area contributed by atoms with Crippen molar-refractivity contribution in [1.82, 2.24) is 14.5 Å². The molecule has 2 aromatic heterocycles. The van der Waals surface area contributed by atoms with Crippen molar-refractivity contribution in [3.05, 3.63) is 51.7 Å². The van der Waals surface area contributed by atoms with Crippen molar-refractivity contribution in [1.29, 1.82) is 0 Å². The number of hydrogen-bond acceptors (Lipinski definition) is 5. The van der Waals surface area contributed by atoms with Gasteiger partial charge in [-0.1, -0.05) is 17.7 Å². The monoisotopic (exact) mass is 372 g/mol. The van der Waals surface area contributed by atoms with Crippen LogP contribution < -0.4 is 10.5 Å². The average Bonchev–Trinajstić information content (AvgIpc) is 2.55. The summed E-state index contributed by atoms with van der Waals surface area (Å²) in [6.45, 7) is -0.773. The van der Waals surface area contributed by atoms with Crippen LogP contribution in [0.2, 0.25) is 5.15 Å². The molecule has 1 aliphatic rings. The van der Waals surface area contributed by atoms with Gasteiger partial charge in [0.2, 0.25) is 5.95 Å². The molecular weight excluding hydrogens is 361 g/mol. The maximum atomic E-state index is 13.4. The first-order valence-corrected chi connectivity index (χ1v) is 7.70. The zero-order chi connectivity index (χ0) is 18.2. The highest BCUT2D eigenvalue weighted by atomic mass is 35.5. The van der Waals surface area contributed by atoms with E-state index >= 15 is 0 Å². The van der Waals surface area contributed by atoms with Crippen LogP contribution in [0.25, 0.3) is 0 Å². The summed E-state index contributed by atoms with van der Waals surface area (Å²) < 4.78 is 41.4. The lowest BCUT2D eigenvalue weighted by Crippen LogP contribution is -2.54. The van der Waals surface area contributed by atoms with Gasteiger partial charge in [-0.05, 0) is 18.6 Å². The Labute approximate surface area is 144 Å². The van der Waals surface area contributed by atoms with Gasteiger partial charge in [-0.2, -0.15) is 13.2 Å². The fourth-order valence-corrected chi connectivity index (χ4v) is 2.90. The summed E-state index contributed by atoms with van der Waals surface area (Å²) in [5, 5.41) is -0.227. The van der Waals surface area contributed by atoms with Crippen molar-refractivity contribution in [2.45, 2.75) is 25.2 Å². The predicted molar refractivity (Wildman–Crippen MR) is 83.9 cm³/mol. The van der Waals surface area contributed by atoms with Gasteiger partial charge in [0.1, 0.15) is 16.9 Å². The van der Waals surface area contributed by atoms with Crippen molar-refractivity contribution < 1.29 is 18.0 Å². The summed E-state index contributed by atoms with van der Waals surface area (Å²) in [7, 11) is 0. The maximum Gasteiger partial charge on any atom is 0.408 e. The van der Waals surface area contributed by atoms with E-state index in [0.717, 1.165) is 15.5 Å². The Hall–Kier alpha value is -2.42. The van der Waals surface area contributed by atoms with E-state index in [1.54, 1.807) is 12.1 Å². The van der Waals surface area contributed by atoms with Crippen molar-refractivity contribution in [3.63, 3.8) is 0 Å². The highest BCUT2D eigenvalue weighted by Gasteiger charge is 2.47. The van der Waals surface area contributed by atoms with E-state index in [4.69, 9.17) is 11.6 Å². The molecule has 0 saturated heterocycles. The van der Waals surface area contributed by atoms with Gasteiger partial charge in [-0.25, -0.2) is 4.98 Å². The number of carbonyl (C=O) groups is 1. The highest BCUT2D eigenvalue weighted by Crippen LogP contribution is 2.33. The molecule has 0 bridgehead atoms. The van der Waals surface area contributed by atoms with Crippen molar-refractivity contribution in [3.8, 4) is 0 Å². The standard InChI is InChI=1S/C15H12ClF3N4O2/c16-12-7-13(25)22-6-4-11(15(17,18)19)23(14(22)21-12)8-10(24)9-3-1-2-5-20-9/h1-3,5,7,11H,4,6,8H2. The van der Waals surface area contributed by atoms with E-state index in [-0.39, 0.29) is 29.8 Å². The molecule has 0 fully saturated rings. The van der Waals surface area contributed by atoms with Crippen LogP contribution in [0.3, 0.4) is 0 Å². The number of Topliss-reactive ketones (excluding diaryl/α,β-unsaturated/α-hetero) is 1. The molecule has 1 atom stereocenters. The van der Waals surface area contributed by atoms with Crippen LogP contribution in [-0.2, 0) is 6.54 Å². The van der Waals surface area contributed by atoms with Gasteiger partial charge in [0.15, 0.2) is 5.78 Å². The second-order valence-electron chi connectivity index (χ2n) is 5.48. The molecule has 0 saturated carbocycles. The number of halogens is 4. The smallest absolute Gasteiger partial charge is 0.322 e. The van der Waals surface area contributed by atoms with Gasteiger partial charge >= 0.3 is 6.18 Å². The second kappa shape index (κ2) is 6.47. The maximum absolute atomic E-state index is 13.4. The minimum Gasteiger partial charge on any atom is -0.322 e. The Bertz CT molecular complexity index is 854. The molecule has 2 aromatic rings. The van der Waals surface area contributed by atoms with Crippen LogP contribution in [0, 0.1) is 0 Å². The van der Waals surface area contributed by atoms with Crippen molar-refractivity contribution in [2.24, 2.45) is 0 Å². The minimum absolute atomic E-state index is 0.0323. The van der Waals surface area contributed by atoms with Gasteiger partial charge in [0.25, 0.3) is 5.56 Å². The van der Waals surface area contributed by atoms with Crippen LogP contribution in [0.15, 0.2) is 35.3 Å². The summed E-state index contributed by atoms with van der Waals surface area (Å²) in [5.41, 5.74) is -0.532. The molecule has 10 heteroatoms. The first kappa shape index (κ1) is 17.4. The van der Waals surface area contributed by atoms with E-state index in [1.165, 1.54) is 12.3 Å². The predicted octanol–water partition coefficient (Wildman–Crippen LogP) is 2.32. The summed E-state index contributed by atoms with van der Waals surface area (Å²) in [6, 6.07) is 3.65. The van der Waals surface area contributed by atoms with Crippen LogP contribution >= 0.6 is 11.6 Å². The summed E-state index contributed by atoms with van der Waals surface area (Å²) in [4.78, 5) is 32.8. The second-order valence-corrected chi connectivity index (χ2v) is 5.87. The normalized spacial score (nSPS) is 17.3. The lowest BCUT2D eigenvalue weighted by molar-refractivity contribution is -0.152. The number of pyridine rings is 1. The molecule has 3 rings (SSSR count). The summed E-state index contributed by atoms with van der Waals surface area (Å²) >= 11 is 5.73. The molecule has 0 N–H and O–H groups in total. The Kier molecular flexibility index (Phi) is 4.51. The first-order chi connectivity index (χ1) is 11.8. The molecule has 25 heavy (non-hydrogen) atoms. The third-order valence-corrected chi connectivity index (χ3v) is 4.05. The number of anilines is 1. The fourth-order valence-electron chi connectivity index (χ4n) is 2.73. The molecule has 3 heterocycles. The van der Waals surface area contributed by atoms with Gasteiger partial charge in [-0.3, -0.25) is 19.1 Å². The molecule has 6 nitrogen and oxygen atoms in total. The molecule has 0 spiro atoms. The molecule has 0 aromatic carbocycles. The van der Waals surface area contributed by atoms with E-state index in [1.807, 2.05) is 0 Å². The van der Waals surface area contributed by atoms with E-state index in [0.29, 0.717) is 0 Å². The Morgan fingerprint density at radius 2 is 2.12 bits per heavy atom. The van der Waals surface area contributed by atoms with E-state index in [9.17, 15) is 22.8 Å². The van der Waals surface area contributed by atoms with Crippen molar-refractivity contribution in [2.75, 3.05) is 11.4 Å². The number of fused-ring (bicyclic) bond motifs is 1. The van der Waals surface area contributed by atoms with Crippen molar-refractivity contribution >= 4 is 23.3 Å². The molecule has 0 aliphatic carbocycles. The highest BCUT2D eigenvalue weighted by molar-refractivity contribution is 6.29. The first-order valence-electron chi connectivity index (χ1n) is 7.32. The number of nitrogens with zero attached hydrogens (tertiary/aromatic N) is 4. The Morgan fingerprint density at radius 3 is 2.76 bits per heavy atom. The Balaban J connectivity index is 2.03. The van der Waals surface area contributed by atoms with Gasteiger partial charge in [-0.15, -0.1) is 0 Å². The largest absolute Gasteiger partial charge is 0.408 e. The molecule has 1 unspecified atom stereocenters. The van der Waals surface area contributed by atoms with Gasteiger partial charge in [0, 0.05) is 18.8 Å². The molecule has 0 radical (unpaired) electrons.